The molecule has 2 heterocycles. The lowest BCUT2D eigenvalue weighted by Gasteiger charge is -2.29. The zero-order chi connectivity index (χ0) is 15.5. The van der Waals surface area contributed by atoms with E-state index >= 15 is 0 Å². The van der Waals surface area contributed by atoms with E-state index in [1.54, 1.807) is 0 Å². The molecule has 1 saturated heterocycles. The van der Waals surface area contributed by atoms with Crippen molar-refractivity contribution in [3.63, 3.8) is 0 Å². The van der Waals surface area contributed by atoms with Gasteiger partial charge in [0.15, 0.2) is 4.77 Å². The first-order chi connectivity index (χ1) is 10.6. The van der Waals surface area contributed by atoms with E-state index in [2.05, 4.69) is 22.1 Å². The van der Waals surface area contributed by atoms with E-state index in [0.717, 1.165) is 36.4 Å². The fraction of sp³-hybridized carbons (Fsp3) is 0.500. The van der Waals surface area contributed by atoms with E-state index in [1.807, 2.05) is 34.5 Å². The van der Waals surface area contributed by atoms with E-state index in [0.29, 0.717) is 13.2 Å². The molecule has 1 aliphatic rings. The maximum Gasteiger partial charge on any atom is 0.198 e. The monoisotopic (exact) mass is 318 g/mol. The van der Waals surface area contributed by atoms with Gasteiger partial charge in [-0.25, -0.2) is 4.68 Å². The van der Waals surface area contributed by atoms with Gasteiger partial charge in [-0.15, -0.1) is 0 Å². The molecule has 1 fully saturated rings. The summed E-state index contributed by atoms with van der Waals surface area (Å²) in [5.74, 6) is 0.966. The smallest absolute Gasteiger partial charge is 0.198 e. The van der Waals surface area contributed by atoms with E-state index in [4.69, 9.17) is 12.2 Å². The number of rotatable bonds is 4. The van der Waals surface area contributed by atoms with Crippen molar-refractivity contribution in [1.82, 2.24) is 19.2 Å². The number of benzene rings is 1. The summed E-state index contributed by atoms with van der Waals surface area (Å²) in [6.07, 6.45) is 2.47. The van der Waals surface area contributed by atoms with Crippen molar-refractivity contribution in [2.75, 3.05) is 13.1 Å². The first-order valence-corrected chi connectivity index (χ1v) is 8.11. The van der Waals surface area contributed by atoms with E-state index < -0.39 is 0 Å². The van der Waals surface area contributed by atoms with Crippen LogP contribution in [0.25, 0.3) is 0 Å². The molecule has 0 spiro atoms. The molecule has 0 aliphatic carbocycles. The summed E-state index contributed by atoms with van der Waals surface area (Å²) in [7, 11) is 1.97. The molecule has 118 valence electrons. The Morgan fingerprint density at radius 3 is 2.82 bits per heavy atom. The van der Waals surface area contributed by atoms with Crippen LogP contribution in [0.15, 0.2) is 30.3 Å². The minimum absolute atomic E-state index is 0.226. The number of aliphatic hydroxyl groups excluding tert-OH is 1. The number of aliphatic hydroxyl groups is 1. The van der Waals surface area contributed by atoms with Gasteiger partial charge in [-0.3, -0.25) is 4.90 Å². The third-order valence-corrected chi connectivity index (χ3v) is 4.64. The van der Waals surface area contributed by atoms with Gasteiger partial charge in [-0.05, 0) is 30.6 Å². The Morgan fingerprint density at radius 2 is 2.09 bits per heavy atom. The highest BCUT2D eigenvalue weighted by Crippen LogP contribution is 2.12. The standard InChI is InChI=1S/C16H22N4OS/c1-18-15(10-13-6-3-2-4-7-13)17-20(16(18)22)12-19-9-5-8-14(21)11-19/h2-4,6-7,14,21H,5,8-12H2,1H3/t14-/m0/s1. The first kappa shape index (κ1) is 15.4. The Kier molecular flexibility index (Phi) is 4.71. The SMILES string of the molecule is Cn1c(Cc2ccccc2)nn(CN2CCC[C@H](O)C2)c1=S. The zero-order valence-electron chi connectivity index (χ0n) is 12.9. The predicted molar refractivity (Wildman–Crippen MR) is 88.1 cm³/mol. The number of nitrogens with zero attached hydrogens (tertiary/aromatic N) is 4. The number of β-amino-alcohol motifs (C(OH)–C–C–N with tert-alkyl or cyclic N) is 1. The van der Waals surface area contributed by atoms with Crippen LogP contribution in [0.2, 0.25) is 0 Å². The van der Waals surface area contributed by atoms with Crippen LogP contribution in [0, 0.1) is 4.77 Å². The lowest BCUT2D eigenvalue weighted by molar-refractivity contribution is 0.0512. The van der Waals surface area contributed by atoms with Crippen LogP contribution in [0.5, 0.6) is 0 Å². The van der Waals surface area contributed by atoms with Gasteiger partial charge in [0.25, 0.3) is 0 Å². The van der Waals surface area contributed by atoms with Crippen LogP contribution in [0.3, 0.4) is 0 Å². The third-order valence-electron chi connectivity index (χ3n) is 4.15. The maximum absolute atomic E-state index is 9.78. The normalized spacial score (nSPS) is 19.5. The number of hydrogen-bond donors (Lipinski definition) is 1. The lowest BCUT2D eigenvalue weighted by Crippen LogP contribution is -2.39. The molecule has 1 atom stereocenters. The summed E-state index contributed by atoms with van der Waals surface area (Å²) in [5, 5.41) is 14.5. The van der Waals surface area contributed by atoms with Gasteiger partial charge in [-0.1, -0.05) is 30.3 Å². The third kappa shape index (κ3) is 3.45. The summed E-state index contributed by atoms with van der Waals surface area (Å²) in [5.41, 5.74) is 1.23. The molecule has 0 saturated carbocycles. The summed E-state index contributed by atoms with van der Waals surface area (Å²) in [4.78, 5) is 2.21. The Bertz CT molecular complexity index is 679. The molecule has 0 bridgehead atoms. The van der Waals surface area contributed by atoms with Crippen molar-refractivity contribution >= 4 is 12.2 Å². The summed E-state index contributed by atoms with van der Waals surface area (Å²) in [6.45, 7) is 2.34. The first-order valence-electron chi connectivity index (χ1n) is 7.70. The molecule has 1 N–H and O–H groups in total. The Labute approximate surface area is 135 Å². The molecule has 0 unspecified atom stereocenters. The molecule has 0 radical (unpaired) electrons. The second-order valence-electron chi connectivity index (χ2n) is 5.93. The summed E-state index contributed by atoms with van der Waals surface area (Å²) < 4.78 is 4.57. The highest BCUT2D eigenvalue weighted by molar-refractivity contribution is 7.71. The van der Waals surface area contributed by atoms with Gasteiger partial charge in [0.05, 0.1) is 12.8 Å². The van der Waals surface area contributed by atoms with E-state index in [9.17, 15) is 5.11 Å². The minimum Gasteiger partial charge on any atom is -0.392 e. The van der Waals surface area contributed by atoms with Gasteiger partial charge >= 0.3 is 0 Å². The Balaban J connectivity index is 1.76. The molecule has 0 amide bonds. The van der Waals surface area contributed by atoms with Crippen molar-refractivity contribution in [3.05, 3.63) is 46.5 Å². The Hall–Kier alpha value is -1.50. The number of likely N-dealkylation sites (tertiary alicyclic amines) is 1. The quantitative estimate of drug-likeness (QED) is 0.876. The molecule has 2 aromatic rings. The van der Waals surface area contributed by atoms with Crippen molar-refractivity contribution in [1.29, 1.82) is 0 Å². The number of aromatic nitrogens is 3. The van der Waals surface area contributed by atoms with Crippen molar-refractivity contribution in [3.8, 4) is 0 Å². The van der Waals surface area contributed by atoms with Crippen molar-refractivity contribution in [2.24, 2.45) is 7.05 Å². The fourth-order valence-electron chi connectivity index (χ4n) is 2.91. The lowest BCUT2D eigenvalue weighted by atomic mass is 10.1. The van der Waals surface area contributed by atoms with E-state index in [-0.39, 0.29) is 6.10 Å². The van der Waals surface area contributed by atoms with Crippen LogP contribution in [0.4, 0.5) is 0 Å². The number of hydrogen-bond acceptors (Lipinski definition) is 4. The van der Waals surface area contributed by atoms with Gasteiger partial charge < -0.3 is 9.67 Å². The molecule has 1 aliphatic heterocycles. The zero-order valence-corrected chi connectivity index (χ0v) is 13.7. The minimum atomic E-state index is -0.226. The summed E-state index contributed by atoms with van der Waals surface area (Å²) in [6, 6.07) is 10.3. The van der Waals surface area contributed by atoms with Crippen LogP contribution < -0.4 is 0 Å². The average molecular weight is 318 g/mol. The molecule has 3 rings (SSSR count). The van der Waals surface area contributed by atoms with Gasteiger partial charge in [0.1, 0.15) is 5.82 Å². The van der Waals surface area contributed by atoms with Crippen LogP contribution in [-0.2, 0) is 20.1 Å². The molecule has 22 heavy (non-hydrogen) atoms. The van der Waals surface area contributed by atoms with Crippen molar-refractivity contribution < 1.29 is 5.11 Å². The van der Waals surface area contributed by atoms with Gasteiger partial charge in [0.2, 0.25) is 0 Å². The largest absolute Gasteiger partial charge is 0.392 e. The second-order valence-corrected chi connectivity index (χ2v) is 6.30. The highest BCUT2D eigenvalue weighted by atomic mass is 32.1. The molecule has 6 heteroatoms. The van der Waals surface area contributed by atoms with Crippen LogP contribution in [-0.4, -0.2) is 43.5 Å². The van der Waals surface area contributed by atoms with Crippen LogP contribution >= 0.6 is 12.2 Å². The van der Waals surface area contributed by atoms with Crippen molar-refractivity contribution in [2.45, 2.75) is 32.0 Å². The topological polar surface area (TPSA) is 46.2 Å². The molecular formula is C16H22N4OS. The number of piperidine rings is 1. The Morgan fingerprint density at radius 1 is 1.32 bits per heavy atom. The van der Waals surface area contributed by atoms with Crippen LogP contribution in [0.1, 0.15) is 24.2 Å². The molecule has 1 aromatic carbocycles. The summed E-state index contributed by atoms with van der Waals surface area (Å²) >= 11 is 5.50. The maximum atomic E-state index is 9.78. The molecule has 1 aromatic heterocycles. The molecular weight excluding hydrogens is 296 g/mol. The predicted octanol–water partition coefficient (Wildman–Crippen LogP) is 1.96. The highest BCUT2D eigenvalue weighted by Gasteiger charge is 2.19. The second kappa shape index (κ2) is 6.73. The molecule has 5 nitrogen and oxygen atoms in total. The fourth-order valence-corrected chi connectivity index (χ4v) is 3.11. The van der Waals surface area contributed by atoms with Gasteiger partial charge in [-0.2, -0.15) is 5.10 Å². The average Bonchev–Trinajstić information content (AvgIpc) is 2.77. The van der Waals surface area contributed by atoms with E-state index in [1.165, 1.54) is 5.56 Å². The van der Waals surface area contributed by atoms with Gasteiger partial charge in [0, 0.05) is 26.6 Å².